The quantitative estimate of drug-likeness (QED) is 0.217. The van der Waals surface area contributed by atoms with Crippen LogP contribution in [0.2, 0.25) is 10.0 Å². The number of carbonyl (C=O) groups excluding carboxylic acids is 1. The Morgan fingerprint density at radius 1 is 1.00 bits per heavy atom. The fraction of sp³-hybridized carbons (Fsp3) is 0.148. The molecule has 1 aromatic heterocycles. The molecule has 0 radical (unpaired) electrons. The lowest BCUT2D eigenvalue weighted by molar-refractivity contribution is -0.136. The number of carbonyl (C=O) groups is 2. The standard InChI is InChI=1S/C27H23Cl2N3O3S/c1-16-2-9-20(10-3-16)31-25(17-4-6-18(7-5-17)26(35)30-13-12-24(33)34)27-32-23(15-36-27)19-8-11-21(28)22(29)14-19/h2-11,14-15,25,31H,12-13H2,1H3,(H,30,35)(H,33,34). The monoisotopic (exact) mass is 539 g/mol. The van der Waals surface area contributed by atoms with Gasteiger partial charge in [-0.3, -0.25) is 9.59 Å². The van der Waals surface area contributed by atoms with Gasteiger partial charge >= 0.3 is 5.97 Å². The van der Waals surface area contributed by atoms with Gasteiger partial charge in [-0.1, -0.05) is 59.1 Å². The number of carboxylic acids is 1. The highest BCUT2D eigenvalue weighted by atomic mass is 35.5. The summed E-state index contributed by atoms with van der Waals surface area (Å²) in [6.45, 7) is 2.11. The van der Waals surface area contributed by atoms with E-state index in [1.54, 1.807) is 24.3 Å². The van der Waals surface area contributed by atoms with Crippen LogP contribution in [0.1, 0.15) is 39.0 Å². The second kappa shape index (κ2) is 11.6. The molecule has 1 atom stereocenters. The largest absolute Gasteiger partial charge is 0.481 e. The number of halogens is 2. The molecule has 1 heterocycles. The van der Waals surface area contributed by atoms with Gasteiger partial charge in [-0.2, -0.15) is 0 Å². The molecular weight excluding hydrogens is 517 g/mol. The molecule has 0 fully saturated rings. The Kier molecular flexibility index (Phi) is 8.25. The number of aliphatic carboxylic acids is 1. The molecule has 3 aromatic carbocycles. The maximum Gasteiger partial charge on any atom is 0.305 e. The van der Waals surface area contributed by atoms with Crippen molar-refractivity contribution >= 4 is 52.1 Å². The average molecular weight is 540 g/mol. The minimum absolute atomic E-state index is 0.0735. The first kappa shape index (κ1) is 25.7. The molecular formula is C27H23Cl2N3O3S. The Balaban J connectivity index is 1.61. The first-order valence-electron chi connectivity index (χ1n) is 11.1. The second-order valence-electron chi connectivity index (χ2n) is 8.16. The van der Waals surface area contributed by atoms with Gasteiger partial charge in [-0.05, 0) is 48.9 Å². The van der Waals surface area contributed by atoms with Gasteiger partial charge in [-0.25, -0.2) is 4.98 Å². The molecule has 0 aliphatic rings. The van der Waals surface area contributed by atoms with Crippen LogP contribution in [0.15, 0.2) is 72.1 Å². The first-order chi connectivity index (χ1) is 17.3. The summed E-state index contributed by atoms with van der Waals surface area (Å²) in [6, 6.07) is 20.5. The molecule has 184 valence electrons. The first-order valence-corrected chi connectivity index (χ1v) is 12.8. The van der Waals surface area contributed by atoms with Crippen LogP contribution in [-0.4, -0.2) is 28.5 Å². The Hall–Kier alpha value is -3.39. The highest BCUT2D eigenvalue weighted by molar-refractivity contribution is 7.10. The molecule has 3 N–H and O–H groups in total. The van der Waals surface area contributed by atoms with E-state index >= 15 is 0 Å². The number of amides is 1. The predicted octanol–water partition coefficient (Wildman–Crippen LogP) is 6.83. The predicted molar refractivity (Wildman–Crippen MR) is 145 cm³/mol. The highest BCUT2D eigenvalue weighted by Crippen LogP contribution is 2.34. The number of benzene rings is 3. The van der Waals surface area contributed by atoms with Gasteiger partial charge in [0, 0.05) is 28.7 Å². The molecule has 9 heteroatoms. The number of carboxylic acid groups (broad SMARTS) is 1. The SMILES string of the molecule is Cc1ccc(NC(c2ccc(C(=O)NCCC(=O)O)cc2)c2nc(-c3ccc(Cl)c(Cl)c3)cs2)cc1. The van der Waals surface area contributed by atoms with E-state index in [1.165, 1.54) is 11.3 Å². The van der Waals surface area contributed by atoms with Crippen LogP contribution in [0.4, 0.5) is 5.69 Å². The van der Waals surface area contributed by atoms with Crippen LogP contribution < -0.4 is 10.6 Å². The topological polar surface area (TPSA) is 91.3 Å². The number of aromatic nitrogens is 1. The van der Waals surface area contributed by atoms with Crippen LogP contribution in [0.5, 0.6) is 0 Å². The minimum atomic E-state index is -0.959. The van der Waals surface area contributed by atoms with Gasteiger partial charge in [0.1, 0.15) is 11.0 Å². The molecule has 4 rings (SSSR count). The van der Waals surface area contributed by atoms with Crippen LogP contribution in [-0.2, 0) is 4.79 Å². The smallest absolute Gasteiger partial charge is 0.305 e. The number of hydrogen-bond donors (Lipinski definition) is 3. The lowest BCUT2D eigenvalue weighted by Crippen LogP contribution is -2.26. The number of nitrogens with one attached hydrogen (secondary N) is 2. The molecule has 6 nitrogen and oxygen atoms in total. The summed E-state index contributed by atoms with van der Waals surface area (Å²) < 4.78 is 0. The van der Waals surface area contributed by atoms with E-state index in [-0.39, 0.29) is 24.9 Å². The Labute approximate surface area is 222 Å². The summed E-state index contributed by atoms with van der Waals surface area (Å²) in [5, 5.41) is 18.7. The summed E-state index contributed by atoms with van der Waals surface area (Å²) in [4.78, 5) is 27.9. The van der Waals surface area contributed by atoms with E-state index in [2.05, 4.69) is 10.6 Å². The van der Waals surface area contributed by atoms with E-state index in [9.17, 15) is 9.59 Å². The maximum atomic E-state index is 12.4. The molecule has 0 saturated heterocycles. The van der Waals surface area contributed by atoms with Crippen LogP contribution >= 0.6 is 34.5 Å². The summed E-state index contributed by atoms with van der Waals surface area (Å²) in [7, 11) is 0. The van der Waals surface area contributed by atoms with E-state index in [4.69, 9.17) is 33.3 Å². The fourth-order valence-electron chi connectivity index (χ4n) is 3.52. The van der Waals surface area contributed by atoms with E-state index in [0.717, 1.165) is 33.1 Å². The van der Waals surface area contributed by atoms with Gasteiger partial charge in [0.2, 0.25) is 0 Å². The van der Waals surface area contributed by atoms with Gasteiger partial charge in [0.15, 0.2) is 0 Å². The minimum Gasteiger partial charge on any atom is -0.481 e. The van der Waals surface area contributed by atoms with Gasteiger partial charge in [0.05, 0.1) is 22.2 Å². The Morgan fingerprint density at radius 2 is 1.72 bits per heavy atom. The number of anilines is 1. The average Bonchev–Trinajstić information content (AvgIpc) is 3.35. The van der Waals surface area contributed by atoms with Crippen LogP contribution in [0.25, 0.3) is 11.3 Å². The van der Waals surface area contributed by atoms with E-state index in [0.29, 0.717) is 15.6 Å². The van der Waals surface area contributed by atoms with Crippen molar-refractivity contribution < 1.29 is 14.7 Å². The van der Waals surface area contributed by atoms with Crippen molar-refractivity contribution in [2.24, 2.45) is 0 Å². The third-order valence-corrected chi connectivity index (χ3v) is 7.13. The number of hydrogen-bond acceptors (Lipinski definition) is 5. The highest BCUT2D eigenvalue weighted by Gasteiger charge is 2.20. The molecule has 4 aromatic rings. The van der Waals surface area contributed by atoms with Gasteiger partial charge < -0.3 is 15.7 Å². The normalized spacial score (nSPS) is 11.6. The zero-order chi connectivity index (χ0) is 25.7. The number of nitrogens with zero attached hydrogens (tertiary/aromatic N) is 1. The molecule has 1 unspecified atom stereocenters. The van der Waals surface area contributed by atoms with Crippen molar-refractivity contribution in [1.82, 2.24) is 10.3 Å². The number of aryl methyl sites for hydroxylation is 1. The Morgan fingerprint density at radius 3 is 2.39 bits per heavy atom. The molecule has 1 amide bonds. The van der Waals surface area contributed by atoms with Crippen LogP contribution in [0, 0.1) is 6.92 Å². The van der Waals surface area contributed by atoms with E-state index in [1.807, 2.05) is 54.8 Å². The maximum absolute atomic E-state index is 12.4. The zero-order valence-electron chi connectivity index (χ0n) is 19.3. The summed E-state index contributed by atoms with van der Waals surface area (Å²) in [6.07, 6.45) is -0.127. The van der Waals surface area contributed by atoms with Crippen molar-refractivity contribution in [3.63, 3.8) is 0 Å². The lowest BCUT2D eigenvalue weighted by Gasteiger charge is -2.19. The third-order valence-electron chi connectivity index (χ3n) is 5.48. The van der Waals surface area contributed by atoms with Crippen LogP contribution in [0.3, 0.4) is 0 Å². The fourth-order valence-corrected chi connectivity index (χ4v) is 4.73. The molecule has 0 spiro atoms. The van der Waals surface area contributed by atoms with Crippen molar-refractivity contribution in [2.75, 3.05) is 11.9 Å². The molecule has 0 aliphatic heterocycles. The zero-order valence-corrected chi connectivity index (χ0v) is 21.6. The van der Waals surface area contributed by atoms with Crippen molar-refractivity contribution in [3.8, 4) is 11.3 Å². The Bertz CT molecular complexity index is 1370. The number of thiazole rings is 1. The van der Waals surface area contributed by atoms with Crippen molar-refractivity contribution in [1.29, 1.82) is 0 Å². The molecule has 0 aliphatic carbocycles. The second-order valence-corrected chi connectivity index (χ2v) is 9.87. The van der Waals surface area contributed by atoms with E-state index < -0.39 is 5.97 Å². The molecule has 0 saturated carbocycles. The van der Waals surface area contributed by atoms with Gasteiger partial charge in [-0.15, -0.1) is 11.3 Å². The third kappa shape index (κ3) is 6.43. The molecule has 0 bridgehead atoms. The summed E-state index contributed by atoms with van der Waals surface area (Å²) in [5.74, 6) is -1.28. The van der Waals surface area contributed by atoms with Crippen molar-refractivity contribution in [3.05, 3.63) is 104 Å². The molecule has 36 heavy (non-hydrogen) atoms. The van der Waals surface area contributed by atoms with Crippen molar-refractivity contribution in [2.45, 2.75) is 19.4 Å². The summed E-state index contributed by atoms with van der Waals surface area (Å²) in [5.41, 5.74) is 5.13. The van der Waals surface area contributed by atoms with Gasteiger partial charge in [0.25, 0.3) is 5.91 Å². The lowest BCUT2D eigenvalue weighted by atomic mass is 10.0. The number of rotatable bonds is 9. The summed E-state index contributed by atoms with van der Waals surface area (Å²) >= 11 is 13.8.